The molecule has 0 radical (unpaired) electrons. The molecule has 0 spiro atoms. The molecule has 9 nitrogen and oxygen atoms in total. The van der Waals surface area contributed by atoms with Crippen molar-refractivity contribution in [1.29, 1.82) is 0 Å². The lowest BCUT2D eigenvalue weighted by Crippen LogP contribution is -2.37. The maximum atomic E-state index is 12.4. The van der Waals surface area contributed by atoms with Gasteiger partial charge in [0.15, 0.2) is 0 Å². The zero-order valence-corrected chi connectivity index (χ0v) is 37.8. The highest BCUT2D eigenvalue weighted by Gasteiger charge is 2.19. The fourth-order valence-corrected chi connectivity index (χ4v) is 7.96. The number of rotatable bonds is 42. The number of nitrogens with one attached hydrogen (secondary N) is 2. The third kappa shape index (κ3) is 27.1. The highest BCUT2D eigenvalue weighted by molar-refractivity contribution is 5.73. The molecule has 0 aliphatic rings. The summed E-state index contributed by atoms with van der Waals surface area (Å²) in [6.07, 6.45) is 32.3. The minimum Gasteiger partial charge on any atom is -0.466 e. The van der Waals surface area contributed by atoms with Crippen LogP contribution in [0.4, 0.5) is 11.4 Å². The van der Waals surface area contributed by atoms with Gasteiger partial charge in [0.05, 0.1) is 13.2 Å². The van der Waals surface area contributed by atoms with Crippen molar-refractivity contribution in [2.24, 2.45) is 11.8 Å². The van der Waals surface area contributed by atoms with Crippen molar-refractivity contribution in [2.75, 3.05) is 57.1 Å². The van der Waals surface area contributed by atoms with E-state index in [1.807, 2.05) is 0 Å². The largest absolute Gasteiger partial charge is 0.466 e. The first-order valence-electron chi connectivity index (χ1n) is 24.1. The summed E-state index contributed by atoms with van der Waals surface area (Å²) in [5.74, 6) is 1.29. The Hall–Kier alpha value is -2.42. The molecule has 57 heavy (non-hydrogen) atoms. The van der Waals surface area contributed by atoms with Crippen molar-refractivity contribution in [3.63, 3.8) is 0 Å². The van der Waals surface area contributed by atoms with Crippen LogP contribution in [0, 0.1) is 11.8 Å². The number of hydrogen-bond donors (Lipinski definition) is 2. The number of anilines is 2. The topological polar surface area (TPSA) is 114 Å². The molecule has 0 saturated heterocycles. The lowest BCUT2D eigenvalue weighted by molar-refractivity contribution is -0.145. The van der Waals surface area contributed by atoms with E-state index in [1.54, 1.807) is 7.05 Å². The van der Waals surface area contributed by atoms with E-state index < -0.39 is 10.9 Å². The third-order valence-electron chi connectivity index (χ3n) is 11.8. The van der Waals surface area contributed by atoms with Crippen LogP contribution in [0.15, 0.2) is 9.59 Å². The minimum absolute atomic E-state index is 0.0369. The van der Waals surface area contributed by atoms with Crippen molar-refractivity contribution in [3.05, 3.63) is 20.4 Å². The summed E-state index contributed by atoms with van der Waals surface area (Å²) in [6, 6.07) is 0. The molecule has 0 heterocycles. The fourth-order valence-electron chi connectivity index (χ4n) is 7.96. The first kappa shape index (κ1) is 52.6. The van der Waals surface area contributed by atoms with Crippen LogP contribution in [-0.2, 0) is 19.1 Å². The second-order valence-electron chi connectivity index (χ2n) is 16.8. The van der Waals surface area contributed by atoms with E-state index in [0.29, 0.717) is 55.8 Å². The lowest BCUT2D eigenvalue weighted by atomic mass is 9.92. The van der Waals surface area contributed by atoms with E-state index in [2.05, 4.69) is 43.2 Å². The number of esters is 2. The van der Waals surface area contributed by atoms with Crippen LogP contribution in [0.5, 0.6) is 0 Å². The van der Waals surface area contributed by atoms with E-state index in [0.717, 1.165) is 103 Å². The Balaban J connectivity index is 2.33. The molecule has 1 aromatic carbocycles. The Morgan fingerprint density at radius 1 is 0.491 bits per heavy atom. The molecule has 0 amide bonds. The molecule has 0 bridgehead atoms. The maximum Gasteiger partial charge on any atom is 0.305 e. The van der Waals surface area contributed by atoms with Gasteiger partial charge in [0.25, 0.3) is 10.9 Å². The van der Waals surface area contributed by atoms with Gasteiger partial charge in [-0.25, -0.2) is 0 Å². The number of carbonyl (C=O) groups is 2. The van der Waals surface area contributed by atoms with Crippen molar-refractivity contribution in [1.82, 2.24) is 4.90 Å². The van der Waals surface area contributed by atoms with Gasteiger partial charge >= 0.3 is 11.9 Å². The molecule has 9 heteroatoms. The highest BCUT2D eigenvalue weighted by atomic mass is 16.5. The van der Waals surface area contributed by atoms with Crippen molar-refractivity contribution >= 4 is 23.3 Å². The molecule has 2 N–H and O–H groups in total. The van der Waals surface area contributed by atoms with Crippen LogP contribution in [0.1, 0.15) is 214 Å². The standard InChI is InChI=1S/C48H89N3O6/c1-6-10-20-29-42(30-21-11-7-2)34-40-57-44(53)32-23-17-15-19-25-37-51(38-26-35-50-46-45(49-5)47(54)48(46)55)36-24-18-14-16-22-31-43(52)56-39-33-41(27-12-8-3)28-13-9-4/h41-42,49-50H,6-40H2,1-5H3. The number of carbonyl (C=O) groups excluding carboxylic acids is 2. The molecule has 0 aliphatic heterocycles. The molecule has 1 rings (SSSR count). The van der Waals surface area contributed by atoms with Crippen LogP contribution in [0.25, 0.3) is 0 Å². The average Bonchev–Trinajstić information content (AvgIpc) is 3.21. The van der Waals surface area contributed by atoms with Crippen LogP contribution < -0.4 is 21.5 Å². The third-order valence-corrected chi connectivity index (χ3v) is 11.8. The Bertz CT molecular complexity index is 1160. The quantitative estimate of drug-likeness (QED) is 0.0379. The zero-order valence-electron chi connectivity index (χ0n) is 37.8. The molecule has 0 saturated carbocycles. The summed E-state index contributed by atoms with van der Waals surface area (Å²) in [6.45, 7) is 13.8. The fraction of sp³-hybridized carbons (Fsp3) is 0.875. The van der Waals surface area contributed by atoms with Gasteiger partial charge in [0.2, 0.25) is 0 Å². The summed E-state index contributed by atoms with van der Waals surface area (Å²) >= 11 is 0. The van der Waals surface area contributed by atoms with Gasteiger partial charge in [-0.1, -0.05) is 156 Å². The summed E-state index contributed by atoms with van der Waals surface area (Å²) < 4.78 is 11.2. The summed E-state index contributed by atoms with van der Waals surface area (Å²) in [4.78, 5) is 51.0. The van der Waals surface area contributed by atoms with Gasteiger partial charge < -0.3 is 25.0 Å². The summed E-state index contributed by atoms with van der Waals surface area (Å²) in [7, 11) is 1.67. The lowest BCUT2D eigenvalue weighted by Gasteiger charge is -2.23. The summed E-state index contributed by atoms with van der Waals surface area (Å²) in [5.41, 5.74) is -0.0656. The Kier molecular flexibility index (Phi) is 33.8. The van der Waals surface area contributed by atoms with Crippen molar-refractivity contribution in [2.45, 2.75) is 214 Å². The smallest absolute Gasteiger partial charge is 0.305 e. The van der Waals surface area contributed by atoms with E-state index in [1.165, 1.54) is 89.9 Å². The maximum absolute atomic E-state index is 12.4. The van der Waals surface area contributed by atoms with E-state index in [4.69, 9.17) is 9.47 Å². The van der Waals surface area contributed by atoms with E-state index >= 15 is 0 Å². The van der Waals surface area contributed by atoms with Gasteiger partial charge in [-0.2, -0.15) is 0 Å². The Morgan fingerprint density at radius 2 is 0.895 bits per heavy atom. The molecule has 0 atom stereocenters. The Labute approximate surface area is 349 Å². The molecule has 332 valence electrons. The van der Waals surface area contributed by atoms with Crippen LogP contribution >= 0.6 is 0 Å². The van der Waals surface area contributed by atoms with Gasteiger partial charge in [-0.3, -0.25) is 19.2 Å². The van der Waals surface area contributed by atoms with Gasteiger partial charge in [-0.15, -0.1) is 0 Å². The zero-order chi connectivity index (χ0) is 41.8. The molecule has 1 aromatic rings. The second-order valence-corrected chi connectivity index (χ2v) is 16.8. The molecule has 0 fully saturated rings. The SMILES string of the molecule is CCCCCC(CCCCC)CCOC(=O)CCCCCCCN(CCCCCCCC(=O)OCCC(CCCC)CCCC)CCCNc1c(NC)c(=O)c1=O. The molecular formula is C48H89N3O6. The van der Waals surface area contributed by atoms with Crippen molar-refractivity contribution in [3.8, 4) is 0 Å². The first-order chi connectivity index (χ1) is 27.8. The summed E-state index contributed by atoms with van der Waals surface area (Å²) in [5, 5.41) is 6.00. The molecule has 0 unspecified atom stereocenters. The Morgan fingerprint density at radius 3 is 1.35 bits per heavy atom. The second kappa shape index (κ2) is 36.6. The minimum atomic E-state index is -0.441. The number of hydrogen-bond acceptors (Lipinski definition) is 9. The molecular weight excluding hydrogens is 715 g/mol. The van der Waals surface area contributed by atoms with E-state index in [-0.39, 0.29) is 11.9 Å². The molecule has 0 aromatic heterocycles. The van der Waals surface area contributed by atoms with Gasteiger partial charge in [0, 0.05) is 26.4 Å². The van der Waals surface area contributed by atoms with Crippen LogP contribution in [0.3, 0.4) is 0 Å². The van der Waals surface area contributed by atoms with Gasteiger partial charge in [-0.05, 0) is 76.4 Å². The molecule has 0 aliphatic carbocycles. The monoisotopic (exact) mass is 804 g/mol. The highest BCUT2D eigenvalue weighted by Crippen LogP contribution is 2.22. The number of unbranched alkanes of at least 4 members (excludes halogenated alkanes) is 14. The van der Waals surface area contributed by atoms with Crippen LogP contribution in [-0.4, -0.2) is 63.3 Å². The van der Waals surface area contributed by atoms with Crippen molar-refractivity contribution < 1.29 is 19.1 Å². The van der Waals surface area contributed by atoms with Crippen LogP contribution in [0.2, 0.25) is 0 Å². The number of ether oxygens (including phenoxy) is 2. The van der Waals surface area contributed by atoms with E-state index in [9.17, 15) is 19.2 Å². The average molecular weight is 804 g/mol. The predicted molar refractivity (Wildman–Crippen MR) is 241 cm³/mol. The normalized spacial score (nSPS) is 11.6. The van der Waals surface area contributed by atoms with Gasteiger partial charge in [0.1, 0.15) is 11.4 Å². The first-order valence-corrected chi connectivity index (χ1v) is 24.1. The predicted octanol–water partition coefficient (Wildman–Crippen LogP) is 11.7. The number of nitrogens with zero attached hydrogens (tertiary/aromatic N) is 1.